The summed E-state index contributed by atoms with van der Waals surface area (Å²) >= 11 is 0. The van der Waals surface area contributed by atoms with E-state index in [1.54, 1.807) is 7.11 Å². The van der Waals surface area contributed by atoms with Gasteiger partial charge in [-0.25, -0.2) is 0 Å². The molecular formula is C12H25O2. The van der Waals surface area contributed by atoms with Gasteiger partial charge in [0.05, 0.1) is 19.3 Å². The Morgan fingerprint density at radius 2 is 1.79 bits per heavy atom. The first-order chi connectivity index (χ1) is 6.61. The van der Waals surface area contributed by atoms with Crippen LogP contribution in [0.4, 0.5) is 0 Å². The molecule has 2 heteroatoms. The first-order valence-electron chi connectivity index (χ1n) is 5.57. The second-order valence-electron chi connectivity index (χ2n) is 4.01. The van der Waals surface area contributed by atoms with Gasteiger partial charge in [-0.05, 0) is 25.2 Å². The fourth-order valence-electron chi connectivity index (χ4n) is 1.28. The predicted octanol–water partition coefficient (Wildman–Crippen LogP) is 2.92. The Morgan fingerprint density at radius 1 is 1.14 bits per heavy atom. The minimum atomic E-state index is 0.291. The van der Waals surface area contributed by atoms with E-state index in [4.69, 9.17) is 9.47 Å². The molecule has 14 heavy (non-hydrogen) atoms. The molecule has 0 aromatic carbocycles. The normalized spacial score (nSPS) is 17.8. The van der Waals surface area contributed by atoms with E-state index in [9.17, 15) is 0 Å². The number of methoxy groups -OCH3 is 1. The molecule has 0 heterocycles. The summed E-state index contributed by atoms with van der Waals surface area (Å²) in [6, 6.07) is 0. The first-order valence-corrected chi connectivity index (χ1v) is 5.57. The lowest BCUT2D eigenvalue weighted by Crippen LogP contribution is -2.22. The van der Waals surface area contributed by atoms with Crippen molar-refractivity contribution in [3.63, 3.8) is 0 Å². The maximum absolute atomic E-state index is 5.63. The highest BCUT2D eigenvalue weighted by molar-refractivity contribution is 4.81. The van der Waals surface area contributed by atoms with E-state index in [1.807, 2.05) is 0 Å². The topological polar surface area (TPSA) is 18.5 Å². The van der Waals surface area contributed by atoms with Gasteiger partial charge in [0, 0.05) is 7.11 Å². The number of hydrogen-bond donors (Lipinski definition) is 0. The molecule has 3 unspecified atom stereocenters. The van der Waals surface area contributed by atoms with Crippen LogP contribution in [0.1, 0.15) is 34.1 Å². The van der Waals surface area contributed by atoms with Gasteiger partial charge in [0.1, 0.15) is 0 Å². The van der Waals surface area contributed by atoms with E-state index in [1.165, 1.54) is 6.42 Å². The van der Waals surface area contributed by atoms with Crippen LogP contribution in [0.15, 0.2) is 0 Å². The average molecular weight is 201 g/mol. The third-order valence-corrected chi connectivity index (χ3v) is 2.68. The van der Waals surface area contributed by atoms with Crippen LogP contribution in [0.25, 0.3) is 0 Å². The summed E-state index contributed by atoms with van der Waals surface area (Å²) in [7, 11) is 1.70. The third kappa shape index (κ3) is 6.39. The van der Waals surface area contributed by atoms with Crippen molar-refractivity contribution in [2.75, 3.05) is 20.3 Å². The molecule has 85 valence electrons. The van der Waals surface area contributed by atoms with Gasteiger partial charge in [0.2, 0.25) is 0 Å². The van der Waals surface area contributed by atoms with Crippen LogP contribution in [0.3, 0.4) is 0 Å². The summed E-state index contributed by atoms with van der Waals surface area (Å²) in [6.07, 6.45) is 3.87. The van der Waals surface area contributed by atoms with Crippen LogP contribution in [0, 0.1) is 18.3 Å². The fourth-order valence-corrected chi connectivity index (χ4v) is 1.28. The first kappa shape index (κ1) is 13.9. The molecule has 0 spiro atoms. The molecule has 3 atom stereocenters. The summed E-state index contributed by atoms with van der Waals surface area (Å²) in [6.45, 7) is 10.2. The van der Waals surface area contributed by atoms with Gasteiger partial charge in [-0.1, -0.05) is 27.2 Å². The summed E-state index contributed by atoms with van der Waals surface area (Å²) < 4.78 is 10.6. The molecule has 0 aliphatic rings. The van der Waals surface area contributed by atoms with Gasteiger partial charge in [0.15, 0.2) is 0 Å². The lowest BCUT2D eigenvalue weighted by Gasteiger charge is -2.22. The molecular weight excluding hydrogens is 176 g/mol. The molecule has 0 saturated carbocycles. The molecule has 2 nitrogen and oxygen atoms in total. The van der Waals surface area contributed by atoms with Gasteiger partial charge in [-0.2, -0.15) is 0 Å². The molecule has 0 fully saturated rings. The predicted molar refractivity (Wildman–Crippen MR) is 60.2 cm³/mol. The minimum Gasteiger partial charge on any atom is -0.382 e. The molecule has 0 aromatic heterocycles. The molecule has 0 aliphatic carbocycles. The van der Waals surface area contributed by atoms with E-state index in [0.717, 1.165) is 0 Å². The highest BCUT2D eigenvalue weighted by atomic mass is 16.5. The van der Waals surface area contributed by atoms with Crippen LogP contribution in [-0.4, -0.2) is 26.4 Å². The van der Waals surface area contributed by atoms with Crippen molar-refractivity contribution in [1.82, 2.24) is 0 Å². The van der Waals surface area contributed by atoms with Crippen LogP contribution >= 0.6 is 0 Å². The third-order valence-electron chi connectivity index (χ3n) is 2.68. The van der Waals surface area contributed by atoms with Crippen LogP contribution in [0.5, 0.6) is 0 Å². The van der Waals surface area contributed by atoms with Crippen LogP contribution in [-0.2, 0) is 9.47 Å². The van der Waals surface area contributed by atoms with Crippen molar-refractivity contribution in [1.29, 1.82) is 0 Å². The summed E-state index contributed by atoms with van der Waals surface area (Å²) in [4.78, 5) is 0. The van der Waals surface area contributed by atoms with Crippen LogP contribution < -0.4 is 0 Å². The van der Waals surface area contributed by atoms with Gasteiger partial charge in [-0.15, -0.1) is 0 Å². The zero-order chi connectivity index (χ0) is 11.0. The highest BCUT2D eigenvalue weighted by Gasteiger charge is 2.15. The average Bonchev–Trinajstić information content (AvgIpc) is 2.17. The standard InChI is InChI=1S/C12H25O2/c1-6-10(2)9-11(3)12(4)14-8-7-13-5/h9-12H,6-8H2,1-5H3. The Kier molecular flexibility index (Phi) is 8.20. The SMILES string of the molecule is CCC(C)[CH]C(C)C(C)OCCOC. The Morgan fingerprint density at radius 3 is 2.29 bits per heavy atom. The van der Waals surface area contributed by atoms with Gasteiger partial charge >= 0.3 is 0 Å². The monoisotopic (exact) mass is 201 g/mol. The lowest BCUT2D eigenvalue weighted by molar-refractivity contribution is 0.00560. The Labute approximate surface area is 89.0 Å². The van der Waals surface area contributed by atoms with Gasteiger partial charge in [0.25, 0.3) is 0 Å². The molecule has 0 saturated heterocycles. The van der Waals surface area contributed by atoms with Crippen molar-refractivity contribution in [2.45, 2.75) is 40.2 Å². The number of hydrogen-bond acceptors (Lipinski definition) is 2. The van der Waals surface area contributed by atoms with Crippen LogP contribution in [0.2, 0.25) is 0 Å². The largest absolute Gasteiger partial charge is 0.382 e. The van der Waals surface area contributed by atoms with E-state index in [0.29, 0.717) is 31.2 Å². The molecule has 0 rings (SSSR count). The maximum atomic E-state index is 5.63. The summed E-state index contributed by atoms with van der Waals surface area (Å²) in [5.41, 5.74) is 0. The maximum Gasteiger partial charge on any atom is 0.0704 e. The van der Waals surface area contributed by atoms with Crippen molar-refractivity contribution in [3.8, 4) is 0 Å². The quantitative estimate of drug-likeness (QED) is 0.562. The van der Waals surface area contributed by atoms with Gasteiger partial charge in [-0.3, -0.25) is 0 Å². The number of rotatable bonds is 8. The van der Waals surface area contributed by atoms with Crippen molar-refractivity contribution in [3.05, 3.63) is 6.42 Å². The molecule has 0 N–H and O–H groups in total. The van der Waals surface area contributed by atoms with E-state index in [2.05, 4.69) is 34.1 Å². The van der Waals surface area contributed by atoms with Gasteiger partial charge < -0.3 is 9.47 Å². The molecule has 0 bridgehead atoms. The fraction of sp³-hybridized carbons (Fsp3) is 0.917. The molecule has 0 aliphatic heterocycles. The second kappa shape index (κ2) is 8.25. The van der Waals surface area contributed by atoms with E-state index in [-0.39, 0.29) is 0 Å². The zero-order valence-electron chi connectivity index (χ0n) is 10.2. The van der Waals surface area contributed by atoms with E-state index >= 15 is 0 Å². The molecule has 0 aromatic rings. The van der Waals surface area contributed by atoms with Crippen molar-refractivity contribution >= 4 is 0 Å². The summed E-state index contributed by atoms with van der Waals surface area (Å²) in [5, 5.41) is 0. The Hall–Kier alpha value is -0.0800. The Bertz CT molecular complexity index is 125. The lowest BCUT2D eigenvalue weighted by atomic mass is 9.92. The zero-order valence-corrected chi connectivity index (χ0v) is 10.2. The second-order valence-corrected chi connectivity index (χ2v) is 4.01. The molecule has 1 radical (unpaired) electrons. The number of ether oxygens (including phenoxy) is 2. The smallest absolute Gasteiger partial charge is 0.0704 e. The Balaban J connectivity index is 3.58. The van der Waals surface area contributed by atoms with Crippen molar-refractivity contribution in [2.24, 2.45) is 11.8 Å². The van der Waals surface area contributed by atoms with Crippen molar-refractivity contribution < 1.29 is 9.47 Å². The highest BCUT2D eigenvalue weighted by Crippen LogP contribution is 2.18. The minimum absolute atomic E-state index is 0.291. The molecule has 0 amide bonds. The summed E-state index contributed by atoms with van der Waals surface area (Å²) in [5.74, 6) is 1.19. The van der Waals surface area contributed by atoms with E-state index < -0.39 is 0 Å².